The van der Waals surface area contributed by atoms with E-state index < -0.39 is 5.97 Å². The monoisotopic (exact) mass is 332 g/mol. The first-order valence-electron chi connectivity index (χ1n) is 7.03. The minimum Gasteiger partial charge on any atom is -0.468 e. The van der Waals surface area contributed by atoms with Gasteiger partial charge in [-0.2, -0.15) is 0 Å². The molecule has 23 heavy (non-hydrogen) atoms. The Bertz CT molecular complexity index is 701. The first-order chi connectivity index (χ1) is 11.0. The summed E-state index contributed by atoms with van der Waals surface area (Å²) in [6.07, 6.45) is 1.40. The Morgan fingerprint density at radius 2 is 1.96 bits per heavy atom. The fraction of sp³-hybridized carbons (Fsp3) is 0.235. The van der Waals surface area contributed by atoms with Crippen molar-refractivity contribution in [1.29, 1.82) is 0 Å². The number of aromatic nitrogens is 1. The van der Waals surface area contributed by atoms with Crippen molar-refractivity contribution in [3.8, 4) is 0 Å². The van der Waals surface area contributed by atoms with E-state index in [0.29, 0.717) is 17.3 Å². The topological polar surface area (TPSA) is 59.5 Å². The van der Waals surface area contributed by atoms with Crippen molar-refractivity contribution >= 4 is 23.5 Å². The number of methoxy groups -OCH3 is 1. The molecule has 120 valence electrons. The summed E-state index contributed by atoms with van der Waals surface area (Å²) in [5.41, 5.74) is 2.38. The average molecular weight is 333 g/mol. The molecule has 0 spiro atoms. The second kappa shape index (κ2) is 7.74. The highest BCUT2D eigenvalue weighted by atomic mass is 35.5. The van der Waals surface area contributed by atoms with E-state index >= 15 is 0 Å². The minimum atomic E-state index is -0.478. The summed E-state index contributed by atoms with van der Waals surface area (Å²) in [5.74, 6) is -0.781. The van der Waals surface area contributed by atoms with Gasteiger partial charge < -0.3 is 9.64 Å². The molecule has 0 N–H and O–H groups in total. The summed E-state index contributed by atoms with van der Waals surface area (Å²) in [5, 5.41) is 0.306. The molecule has 1 amide bonds. The molecule has 1 aromatic heterocycles. The van der Waals surface area contributed by atoms with Gasteiger partial charge in [-0.3, -0.25) is 9.59 Å². The second-order valence-corrected chi connectivity index (χ2v) is 5.42. The largest absolute Gasteiger partial charge is 0.468 e. The Morgan fingerprint density at radius 1 is 1.22 bits per heavy atom. The number of carbonyl (C=O) groups is 2. The quantitative estimate of drug-likeness (QED) is 0.624. The number of ether oxygens (including phenoxy) is 1. The number of nitrogens with zero attached hydrogens (tertiary/aromatic N) is 2. The highest BCUT2D eigenvalue weighted by molar-refractivity contribution is 6.29. The molecule has 0 aliphatic rings. The Morgan fingerprint density at radius 3 is 2.57 bits per heavy atom. The molecule has 0 aliphatic heterocycles. The lowest BCUT2D eigenvalue weighted by Gasteiger charge is -2.22. The van der Waals surface area contributed by atoms with Crippen molar-refractivity contribution in [2.45, 2.75) is 13.5 Å². The third-order valence-electron chi connectivity index (χ3n) is 3.43. The van der Waals surface area contributed by atoms with E-state index in [0.717, 1.165) is 11.1 Å². The maximum Gasteiger partial charge on any atom is 0.325 e. The van der Waals surface area contributed by atoms with E-state index in [1.807, 2.05) is 31.2 Å². The summed E-state index contributed by atoms with van der Waals surface area (Å²) >= 11 is 5.74. The second-order valence-electron chi connectivity index (χ2n) is 5.03. The molecule has 2 aromatic rings. The van der Waals surface area contributed by atoms with Gasteiger partial charge in [0.1, 0.15) is 11.7 Å². The van der Waals surface area contributed by atoms with Crippen molar-refractivity contribution in [2.24, 2.45) is 0 Å². The molecule has 2 rings (SSSR count). The van der Waals surface area contributed by atoms with Crippen LogP contribution in [0.25, 0.3) is 0 Å². The number of hydrogen-bond donors (Lipinski definition) is 0. The predicted molar refractivity (Wildman–Crippen MR) is 87.2 cm³/mol. The highest BCUT2D eigenvalue weighted by Crippen LogP contribution is 2.14. The van der Waals surface area contributed by atoms with Gasteiger partial charge in [0.15, 0.2) is 0 Å². The van der Waals surface area contributed by atoms with E-state index in [4.69, 9.17) is 11.6 Å². The zero-order valence-corrected chi connectivity index (χ0v) is 13.7. The first-order valence-corrected chi connectivity index (χ1v) is 7.41. The number of aryl methyl sites for hydroxylation is 1. The van der Waals surface area contributed by atoms with Gasteiger partial charge in [-0.15, -0.1) is 0 Å². The van der Waals surface area contributed by atoms with Gasteiger partial charge in [0, 0.05) is 12.7 Å². The Kier molecular flexibility index (Phi) is 5.71. The van der Waals surface area contributed by atoms with Gasteiger partial charge in [-0.1, -0.05) is 35.9 Å². The zero-order valence-electron chi connectivity index (χ0n) is 13.0. The molecule has 5 nitrogen and oxygen atoms in total. The smallest absolute Gasteiger partial charge is 0.325 e. The van der Waals surface area contributed by atoms with Gasteiger partial charge in [-0.25, -0.2) is 4.98 Å². The number of hydrogen-bond acceptors (Lipinski definition) is 4. The minimum absolute atomic E-state index is 0.133. The lowest BCUT2D eigenvalue weighted by atomic mass is 10.1. The van der Waals surface area contributed by atoms with Crippen molar-refractivity contribution in [3.63, 3.8) is 0 Å². The molecular weight excluding hydrogens is 316 g/mol. The van der Waals surface area contributed by atoms with E-state index in [-0.39, 0.29) is 12.5 Å². The summed E-state index contributed by atoms with van der Waals surface area (Å²) in [6, 6.07) is 10.8. The third kappa shape index (κ3) is 4.53. The standard InChI is InChI=1S/C17H17ClN2O3/c1-12-5-3-4-6-14(12)10-20(11-16(21)23-2)17(22)13-7-8-15(18)19-9-13/h3-9H,10-11H2,1-2H3. The fourth-order valence-electron chi connectivity index (χ4n) is 2.10. The van der Waals surface area contributed by atoms with E-state index in [9.17, 15) is 9.59 Å². The van der Waals surface area contributed by atoms with Gasteiger partial charge in [0.2, 0.25) is 0 Å². The third-order valence-corrected chi connectivity index (χ3v) is 3.66. The van der Waals surface area contributed by atoms with E-state index in [2.05, 4.69) is 9.72 Å². The lowest BCUT2D eigenvalue weighted by molar-refractivity contribution is -0.141. The number of carbonyl (C=O) groups excluding carboxylic acids is 2. The van der Waals surface area contributed by atoms with E-state index in [1.165, 1.54) is 18.2 Å². The van der Waals surface area contributed by atoms with Crippen LogP contribution in [0.3, 0.4) is 0 Å². The summed E-state index contributed by atoms with van der Waals surface area (Å²) in [4.78, 5) is 29.6. The van der Waals surface area contributed by atoms with Gasteiger partial charge >= 0.3 is 5.97 Å². The van der Waals surface area contributed by atoms with Crippen LogP contribution in [0.4, 0.5) is 0 Å². The molecule has 1 heterocycles. The van der Waals surface area contributed by atoms with E-state index in [1.54, 1.807) is 12.1 Å². The molecule has 0 bridgehead atoms. The van der Waals surface area contributed by atoms with Crippen LogP contribution in [-0.4, -0.2) is 35.4 Å². The Hall–Kier alpha value is -2.40. The number of esters is 1. The van der Waals surface area contributed by atoms with Crippen molar-refractivity contribution < 1.29 is 14.3 Å². The number of amides is 1. The molecule has 0 radical (unpaired) electrons. The summed E-state index contributed by atoms with van der Waals surface area (Å²) in [6.45, 7) is 2.13. The molecule has 0 unspecified atom stereocenters. The molecule has 1 aromatic carbocycles. The van der Waals surface area contributed by atoms with Gasteiger partial charge in [0.25, 0.3) is 5.91 Å². The molecule has 0 aliphatic carbocycles. The normalized spacial score (nSPS) is 10.2. The SMILES string of the molecule is COC(=O)CN(Cc1ccccc1C)C(=O)c1ccc(Cl)nc1. The maximum absolute atomic E-state index is 12.7. The van der Waals surface area contributed by atoms with Crippen molar-refractivity contribution in [1.82, 2.24) is 9.88 Å². The number of rotatable bonds is 5. The zero-order chi connectivity index (χ0) is 16.8. The molecule has 0 fully saturated rings. The summed E-state index contributed by atoms with van der Waals surface area (Å²) < 4.78 is 4.68. The molecule has 0 saturated carbocycles. The predicted octanol–water partition coefficient (Wildman–Crippen LogP) is 2.86. The lowest BCUT2D eigenvalue weighted by Crippen LogP contribution is -2.36. The van der Waals surface area contributed by atoms with Crippen LogP contribution in [0.1, 0.15) is 21.5 Å². The van der Waals surface area contributed by atoms with Crippen LogP contribution >= 0.6 is 11.6 Å². The summed E-state index contributed by atoms with van der Waals surface area (Å²) in [7, 11) is 1.29. The average Bonchev–Trinajstić information content (AvgIpc) is 2.56. The van der Waals surface area contributed by atoms with Crippen molar-refractivity contribution in [2.75, 3.05) is 13.7 Å². The van der Waals surface area contributed by atoms with Crippen molar-refractivity contribution in [3.05, 3.63) is 64.4 Å². The number of pyridine rings is 1. The van der Waals surface area contributed by atoms with Gasteiger partial charge in [-0.05, 0) is 30.2 Å². The Balaban J connectivity index is 2.26. The Labute approximate surface area is 139 Å². The maximum atomic E-state index is 12.7. The number of halogens is 1. The van der Waals surface area contributed by atoms with Gasteiger partial charge in [0.05, 0.1) is 12.7 Å². The highest BCUT2D eigenvalue weighted by Gasteiger charge is 2.20. The van der Waals surface area contributed by atoms with Crippen LogP contribution in [-0.2, 0) is 16.1 Å². The van der Waals surface area contributed by atoms with Crippen LogP contribution in [0.15, 0.2) is 42.6 Å². The molecule has 0 atom stereocenters. The van der Waals surface area contributed by atoms with Crippen LogP contribution in [0, 0.1) is 6.92 Å². The molecule has 0 saturated heterocycles. The van der Waals surface area contributed by atoms with Crippen LogP contribution in [0.2, 0.25) is 5.15 Å². The fourth-order valence-corrected chi connectivity index (χ4v) is 2.21. The van der Waals surface area contributed by atoms with Crippen LogP contribution in [0.5, 0.6) is 0 Å². The molecular formula is C17H17ClN2O3. The molecule has 6 heteroatoms. The van der Waals surface area contributed by atoms with Crippen LogP contribution < -0.4 is 0 Å². The number of benzene rings is 1. The first kappa shape index (κ1) is 17.0.